The molecule has 1 aliphatic heterocycles. The second kappa shape index (κ2) is 6.11. The third-order valence-electron chi connectivity index (χ3n) is 3.59. The van der Waals surface area contributed by atoms with Crippen molar-refractivity contribution in [2.24, 2.45) is 11.8 Å². The fourth-order valence-electron chi connectivity index (χ4n) is 2.19. The summed E-state index contributed by atoms with van der Waals surface area (Å²) in [7, 11) is 1.89. The van der Waals surface area contributed by atoms with Crippen LogP contribution in [0.3, 0.4) is 0 Å². The molecule has 0 bridgehead atoms. The first-order chi connectivity index (χ1) is 7.15. The predicted molar refractivity (Wildman–Crippen MR) is 62.7 cm³/mol. The molecule has 0 aromatic heterocycles. The molecule has 0 radical (unpaired) electrons. The van der Waals surface area contributed by atoms with Crippen LogP contribution >= 0.6 is 0 Å². The maximum atomic E-state index is 11.7. The van der Waals surface area contributed by atoms with Crippen LogP contribution in [0.2, 0.25) is 0 Å². The molecule has 1 saturated heterocycles. The van der Waals surface area contributed by atoms with Crippen LogP contribution in [0.25, 0.3) is 0 Å². The molecule has 1 N–H and O–H groups in total. The summed E-state index contributed by atoms with van der Waals surface area (Å²) in [6, 6.07) is 0. The Kier molecular flexibility index (Phi) is 5.09. The monoisotopic (exact) mass is 212 g/mol. The lowest BCUT2D eigenvalue weighted by molar-refractivity contribution is -0.131. The van der Waals surface area contributed by atoms with Gasteiger partial charge in [0.05, 0.1) is 0 Å². The molecule has 0 spiro atoms. The largest absolute Gasteiger partial charge is 0.346 e. The van der Waals surface area contributed by atoms with E-state index >= 15 is 0 Å². The van der Waals surface area contributed by atoms with Gasteiger partial charge < -0.3 is 10.2 Å². The number of hydrogen-bond donors (Lipinski definition) is 1. The minimum absolute atomic E-state index is 0.295. The first-order valence-corrected chi connectivity index (χ1v) is 6.09. The van der Waals surface area contributed by atoms with Crippen molar-refractivity contribution in [3.8, 4) is 0 Å². The maximum absolute atomic E-state index is 11.7. The summed E-state index contributed by atoms with van der Waals surface area (Å²) in [4.78, 5) is 13.6. The van der Waals surface area contributed by atoms with E-state index in [1.54, 1.807) is 0 Å². The highest BCUT2D eigenvalue weighted by Crippen LogP contribution is 2.24. The molecule has 0 aromatic carbocycles. The van der Waals surface area contributed by atoms with Crippen molar-refractivity contribution in [2.75, 3.05) is 26.7 Å². The van der Waals surface area contributed by atoms with Crippen molar-refractivity contribution in [3.05, 3.63) is 0 Å². The molecule has 1 heterocycles. The summed E-state index contributed by atoms with van der Waals surface area (Å²) in [6.07, 6.45) is 3.17. The van der Waals surface area contributed by atoms with Crippen molar-refractivity contribution in [3.63, 3.8) is 0 Å². The summed E-state index contributed by atoms with van der Waals surface area (Å²) in [6.45, 7) is 7.29. The van der Waals surface area contributed by atoms with Crippen LogP contribution in [0.4, 0.5) is 0 Å². The second-order valence-corrected chi connectivity index (χ2v) is 4.68. The van der Waals surface area contributed by atoms with Crippen LogP contribution in [0, 0.1) is 11.8 Å². The molecule has 1 fully saturated rings. The van der Waals surface area contributed by atoms with Gasteiger partial charge in [0.2, 0.25) is 5.91 Å². The van der Waals surface area contributed by atoms with Crippen LogP contribution in [0.15, 0.2) is 0 Å². The predicted octanol–water partition coefficient (Wildman–Crippen LogP) is 1.49. The molecule has 0 saturated carbocycles. The van der Waals surface area contributed by atoms with Gasteiger partial charge in [-0.25, -0.2) is 0 Å². The Morgan fingerprint density at radius 3 is 2.60 bits per heavy atom. The zero-order chi connectivity index (χ0) is 11.3. The Bertz CT molecular complexity index is 200. The third kappa shape index (κ3) is 3.82. The van der Waals surface area contributed by atoms with E-state index < -0.39 is 0 Å². The molecule has 3 heteroatoms. The lowest BCUT2D eigenvalue weighted by atomic mass is 9.84. The summed E-state index contributed by atoms with van der Waals surface area (Å²) in [5.74, 6) is 1.57. The van der Waals surface area contributed by atoms with Gasteiger partial charge in [-0.3, -0.25) is 4.79 Å². The van der Waals surface area contributed by atoms with Crippen molar-refractivity contribution in [1.29, 1.82) is 0 Å². The molecule has 15 heavy (non-hydrogen) atoms. The Balaban J connectivity index is 2.33. The van der Waals surface area contributed by atoms with Gasteiger partial charge in [0.1, 0.15) is 0 Å². The van der Waals surface area contributed by atoms with Crippen molar-refractivity contribution in [2.45, 2.75) is 33.1 Å². The van der Waals surface area contributed by atoms with Gasteiger partial charge in [-0.1, -0.05) is 6.92 Å². The maximum Gasteiger partial charge on any atom is 0.222 e. The Morgan fingerprint density at radius 1 is 1.47 bits per heavy atom. The number of carbonyl (C=O) groups excluding carboxylic acids is 1. The van der Waals surface area contributed by atoms with Crippen LogP contribution in [-0.2, 0) is 4.79 Å². The van der Waals surface area contributed by atoms with Crippen LogP contribution in [0.1, 0.15) is 33.1 Å². The normalized spacial score (nSPS) is 19.9. The number of carbonyl (C=O) groups is 1. The molecule has 1 aliphatic rings. The number of rotatable bonds is 4. The van der Waals surface area contributed by atoms with Crippen molar-refractivity contribution in [1.82, 2.24) is 10.2 Å². The fourth-order valence-corrected chi connectivity index (χ4v) is 2.19. The van der Waals surface area contributed by atoms with Crippen molar-refractivity contribution < 1.29 is 4.79 Å². The van der Waals surface area contributed by atoms with Gasteiger partial charge in [-0.05, 0) is 44.7 Å². The number of piperidine rings is 1. The number of nitrogens with zero attached hydrogens (tertiary/aromatic N) is 1. The van der Waals surface area contributed by atoms with E-state index in [-0.39, 0.29) is 0 Å². The van der Waals surface area contributed by atoms with Gasteiger partial charge in [-0.15, -0.1) is 0 Å². The molecule has 1 amide bonds. The van der Waals surface area contributed by atoms with Crippen LogP contribution < -0.4 is 5.32 Å². The standard InChI is InChI=1S/C12H24N2O/c1-4-14(3)12(15)9-10(2)11-5-7-13-8-6-11/h10-11,13H,4-9H2,1-3H3. The van der Waals surface area contributed by atoms with Gasteiger partial charge >= 0.3 is 0 Å². The Hall–Kier alpha value is -0.570. The number of nitrogens with one attached hydrogen (secondary N) is 1. The van der Waals surface area contributed by atoms with Gasteiger partial charge in [0, 0.05) is 20.0 Å². The van der Waals surface area contributed by atoms with E-state index in [0.29, 0.717) is 11.8 Å². The first kappa shape index (κ1) is 12.5. The highest BCUT2D eigenvalue weighted by molar-refractivity contribution is 5.76. The summed E-state index contributed by atoms with van der Waals surface area (Å²) >= 11 is 0. The van der Waals surface area contributed by atoms with Crippen molar-refractivity contribution >= 4 is 5.91 Å². The van der Waals surface area contributed by atoms with E-state index in [1.165, 1.54) is 12.8 Å². The van der Waals surface area contributed by atoms with E-state index in [1.807, 2.05) is 18.9 Å². The Labute approximate surface area is 93.2 Å². The molecule has 1 atom stereocenters. The molecule has 0 aliphatic carbocycles. The van der Waals surface area contributed by atoms with E-state index in [9.17, 15) is 4.79 Å². The second-order valence-electron chi connectivity index (χ2n) is 4.68. The Morgan fingerprint density at radius 2 is 2.07 bits per heavy atom. The lowest BCUT2D eigenvalue weighted by Gasteiger charge is -2.28. The zero-order valence-corrected chi connectivity index (χ0v) is 10.3. The molecule has 0 aromatic rings. The topological polar surface area (TPSA) is 32.3 Å². The van der Waals surface area contributed by atoms with Crippen LogP contribution in [0.5, 0.6) is 0 Å². The minimum Gasteiger partial charge on any atom is -0.346 e. The molecule has 3 nitrogen and oxygen atoms in total. The lowest BCUT2D eigenvalue weighted by Crippen LogP contribution is -2.34. The molecule has 1 rings (SSSR count). The summed E-state index contributed by atoms with van der Waals surface area (Å²) < 4.78 is 0. The van der Waals surface area contributed by atoms with Gasteiger partial charge in [0.25, 0.3) is 0 Å². The number of hydrogen-bond acceptors (Lipinski definition) is 2. The van der Waals surface area contributed by atoms with Crippen LogP contribution in [-0.4, -0.2) is 37.5 Å². The zero-order valence-electron chi connectivity index (χ0n) is 10.3. The molecule has 1 unspecified atom stereocenters. The average molecular weight is 212 g/mol. The highest BCUT2D eigenvalue weighted by atomic mass is 16.2. The van der Waals surface area contributed by atoms with E-state index in [4.69, 9.17) is 0 Å². The smallest absolute Gasteiger partial charge is 0.222 e. The minimum atomic E-state index is 0.295. The number of amides is 1. The highest BCUT2D eigenvalue weighted by Gasteiger charge is 2.22. The van der Waals surface area contributed by atoms with Gasteiger partial charge in [-0.2, -0.15) is 0 Å². The summed E-state index contributed by atoms with van der Waals surface area (Å²) in [5, 5.41) is 3.36. The van der Waals surface area contributed by atoms with E-state index in [0.717, 1.165) is 32.0 Å². The molecular weight excluding hydrogens is 188 g/mol. The molecule has 88 valence electrons. The first-order valence-electron chi connectivity index (χ1n) is 6.09. The SMILES string of the molecule is CCN(C)C(=O)CC(C)C1CCNCC1. The third-order valence-corrected chi connectivity index (χ3v) is 3.59. The summed E-state index contributed by atoms with van der Waals surface area (Å²) in [5.41, 5.74) is 0. The average Bonchev–Trinajstić information content (AvgIpc) is 2.29. The van der Waals surface area contributed by atoms with Gasteiger partial charge in [0.15, 0.2) is 0 Å². The quantitative estimate of drug-likeness (QED) is 0.766. The van der Waals surface area contributed by atoms with E-state index in [2.05, 4.69) is 12.2 Å². The fraction of sp³-hybridized carbons (Fsp3) is 0.917. The molecular formula is C12H24N2O.